The number of hydrogen-bond donors (Lipinski definition) is 1. The summed E-state index contributed by atoms with van der Waals surface area (Å²) in [6.45, 7) is 5.17. The number of ether oxygens (including phenoxy) is 2. The molecule has 3 amide bonds. The summed E-state index contributed by atoms with van der Waals surface area (Å²) in [5.74, 6) is 1.55. The molecule has 2 aromatic rings. The minimum absolute atomic E-state index is 0.00522. The van der Waals surface area contributed by atoms with Crippen molar-refractivity contribution in [1.82, 2.24) is 15.1 Å². The molecule has 9 heteroatoms. The van der Waals surface area contributed by atoms with E-state index in [1.807, 2.05) is 38.1 Å². The van der Waals surface area contributed by atoms with Gasteiger partial charge in [0.1, 0.15) is 23.9 Å². The van der Waals surface area contributed by atoms with Crippen LogP contribution in [0.2, 0.25) is 5.02 Å². The van der Waals surface area contributed by atoms with Gasteiger partial charge in [-0.3, -0.25) is 14.7 Å². The summed E-state index contributed by atoms with van der Waals surface area (Å²) in [6.07, 6.45) is 0. The maximum absolute atomic E-state index is 13.8. The van der Waals surface area contributed by atoms with E-state index in [0.29, 0.717) is 47.6 Å². The lowest BCUT2D eigenvalue weighted by molar-refractivity contribution is -0.123. The summed E-state index contributed by atoms with van der Waals surface area (Å²) < 4.78 is 11.2. The smallest absolute Gasteiger partial charge is 0.326 e. The number of piperazine rings is 1. The average molecular weight is 471 g/mol. The minimum Gasteiger partial charge on any atom is -0.497 e. The molecule has 33 heavy (non-hydrogen) atoms. The normalized spacial score (nSPS) is 20.4. The Morgan fingerprint density at radius 1 is 1.24 bits per heavy atom. The predicted molar refractivity (Wildman–Crippen MR) is 126 cm³/mol. The van der Waals surface area contributed by atoms with Crippen LogP contribution in [0.15, 0.2) is 47.5 Å². The van der Waals surface area contributed by atoms with Crippen molar-refractivity contribution >= 4 is 29.4 Å². The van der Waals surface area contributed by atoms with E-state index in [2.05, 4.69) is 5.32 Å². The molecule has 1 saturated heterocycles. The zero-order chi connectivity index (χ0) is 23.5. The number of aliphatic imine (C=N–C) groups is 1. The fourth-order valence-corrected chi connectivity index (χ4v) is 4.34. The summed E-state index contributed by atoms with van der Waals surface area (Å²) in [4.78, 5) is 33.9. The maximum atomic E-state index is 13.8. The number of nitrogens with one attached hydrogen (secondary N) is 1. The van der Waals surface area contributed by atoms with E-state index in [4.69, 9.17) is 26.1 Å². The number of hydrogen-bond acceptors (Lipinski definition) is 5. The second kappa shape index (κ2) is 9.70. The molecular weight excluding hydrogens is 444 g/mol. The van der Waals surface area contributed by atoms with Gasteiger partial charge in [-0.2, -0.15) is 0 Å². The van der Waals surface area contributed by atoms with Gasteiger partial charge in [-0.1, -0.05) is 23.7 Å². The van der Waals surface area contributed by atoms with Gasteiger partial charge in [0.15, 0.2) is 0 Å². The Balaban J connectivity index is 1.79. The van der Waals surface area contributed by atoms with Gasteiger partial charge < -0.3 is 19.7 Å². The summed E-state index contributed by atoms with van der Waals surface area (Å²) in [5, 5.41) is 3.38. The first-order valence-electron chi connectivity index (χ1n) is 10.9. The van der Waals surface area contributed by atoms with E-state index in [0.717, 1.165) is 5.56 Å². The van der Waals surface area contributed by atoms with Crippen molar-refractivity contribution in [3.05, 3.63) is 58.6 Å². The largest absolute Gasteiger partial charge is 0.497 e. The number of carbonyl (C=O) groups excluding carboxylic acids is 2. The first-order valence-corrected chi connectivity index (χ1v) is 11.3. The van der Waals surface area contributed by atoms with E-state index in [1.54, 1.807) is 35.1 Å². The molecule has 2 atom stereocenters. The van der Waals surface area contributed by atoms with Crippen molar-refractivity contribution in [2.45, 2.75) is 25.9 Å². The van der Waals surface area contributed by atoms with Crippen molar-refractivity contribution < 1.29 is 19.1 Å². The third kappa shape index (κ3) is 4.61. The molecule has 4 rings (SSSR count). The van der Waals surface area contributed by atoms with Gasteiger partial charge in [-0.15, -0.1) is 0 Å². The molecule has 0 bridgehead atoms. The molecule has 1 N–H and O–H groups in total. The second-order valence-corrected chi connectivity index (χ2v) is 8.35. The Morgan fingerprint density at radius 3 is 2.67 bits per heavy atom. The monoisotopic (exact) mass is 470 g/mol. The molecule has 2 aromatic carbocycles. The highest BCUT2D eigenvalue weighted by atomic mass is 35.5. The van der Waals surface area contributed by atoms with Crippen LogP contribution in [0, 0.1) is 0 Å². The van der Waals surface area contributed by atoms with E-state index < -0.39 is 0 Å². The molecule has 2 aliphatic heterocycles. The SMILES string of the molecule is CCOc1cc(OC)ccc1C1=NC(C)C(c2ccc(Cl)cc2)N1C(=O)N1CCNC(=O)C1. The van der Waals surface area contributed by atoms with Crippen LogP contribution in [0.5, 0.6) is 11.5 Å². The van der Waals surface area contributed by atoms with Gasteiger partial charge in [0, 0.05) is 24.2 Å². The van der Waals surface area contributed by atoms with Crippen LogP contribution >= 0.6 is 11.6 Å². The number of amidine groups is 1. The number of urea groups is 1. The van der Waals surface area contributed by atoms with Crippen LogP contribution in [0.25, 0.3) is 0 Å². The third-order valence-corrected chi connectivity index (χ3v) is 6.00. The number of methoxy groups -OCH3 is 1. The zero-order valence-electron chi connectivity index (χ0n) is 18.9. The number of benzene rings is 2. The topological polar surface area (TPSA) is 83.5 Å². The van der Waals surface area contributed by atoms with E-state index in [1.165, 1.54) is 0 Å². The lowest BCUT2D eigenvalue weighted by Crippen LogP contribution is -2.55. The Morgan fingerprint density at radius 2 is 2.00 bits per heavy atom. The van der Waals surface area contributed by atoms with Crippen LogP contribution in [-0.2, 0) is 4.79 Å². The molecule has 0 saturated carbocycles. The average Bonchev–Trinajstić information content (AvgIpc) is 3.16. The highest BCUT2D eigenvalue weighted by Gasteiger charge is 2.42. The van der Waals surface area contributed by atoms with E-state index in [9.17, 15) is 9.59 Å². The highest BCUT2D eigenvalue weighted by molar-refractivity contribution is 6.30. The Kier molecular flexibility index (Phi) is 6.74. The molecule has 0 aromatic heterocycles. The lowest BCUT2D eigenvalue weighted by Gasteiger charge is -2.35. The van der Waals surface area contributed by atoms with Crippen molar-refractivity contribution in [3.8, 4) is 11.5 Å². The van der Waals surface area contributed by atoms with Gasteiger partial charge in [0.05, 0.1) is 31.4 Å². The number of amides is 3. The van der Waals surface area contributed by atoms with Gasteiger partial charge in [-0.25, -0.2) is 4.79 Å². The van der Waals surface area contributed by atoms with Crippen molar-refractivity contribution in [3.63, 3.8) is 0 Å². The van der Waals surface area contributed by atoms with Gasteiger partial charge in [-0.05, 0) is 43.7 Å². The third-order valence-electron chi connectivity index (χ3n) is 5.75. The second-order valence-electron chi connectivity index (χ2n) is 7.91. The molecular formula is C24H27ClN4O4. The predicted octanol–water partition coefficient (Wildman–Crippen LogP) is 3.49. The summed E-state index contributed by atoms with van der Waals surface area (Å²) in [6, 6.07) is 12.0. The Bertz CT molecular complexity index is 1070. The number of carbonyl (C=O) groups is 2. The molecule has 174 valence electrons. The Hall–Kier alpha value is -3.26. The fraction of sp³-hybridized carbons (Fsp3) is 0.375. The van der Waals surface area contributed by atoms with E-state index >= 15 is 0 Å². The minimum atomic E-state index is -0.355. The Labute approximate surface area is 198 Å². The fourth-order valence-electron chi connectivity index (χ4n) is 4.21. The molecule has 0 aliphatic carbocycles. The summed E-state index contributed by atoms with van der Waals surface area (Å²) in [7, 11) is 1.59. The van der Waals surface area contributed by atoms with Gasteiger partial charge in [0.25, 0.3) is 0 Å². The molecule has 0 spiro atoms. The van der Waals surface area contributed by atoms with Crippen LogP contribution in [0.3, 0.4) is 0 Å². The molecule has 0 radical (unpaired) electrons. The lowest BCUT2D eigenvalue weighted by atomic mass is 10.00. The van der Waals surface area contributed by atoms with Gasteiger partial charge in [0.2, 0.25) is 5.91 Å². The van der Waals surface area contributed by atoms with Crippen molar-refractivity contribution in [2.75, 3.05) is 33.4 Å². The number of halogens is 1. The van der Waals surface area contributed by atoms with Crippen LogP contribution < -0.4 is 14.8 Å². The quantitative estimate of drug-likeness (QED) is 0.725. The maximum Gasteiger partial charge on any atom is 0.326 e. The van der Waals surface area contributed by atoms with E-state index in [-0.39, 0.29) is 30.6 Å². The first kappa shape index (κ1) is 22.9. The highest BCUT2D eigenvalue weighted by Crippen LogP contribution is 2.38. The molecule has 1 fully saturated rings. The number of rotatable bonds is 5. The summed E-state index contributed by atoms with van der Waals surface area (Å²) >= 11 is 6.11. The van der Waals surface area contributed by atoms with Crippen LogP contribution in [0.4, 0.5) is 4.79 Å². The molecule has 8 nitrogen and oxygen atoms in total. The summed E-state index contributed by atoms with van der Waals surface area (Å²) in [5.41, 5.74) is 1.60. The first-order chi connectivity index (χ1) is 15.9. The standard InChI is InChI=1S/C24H27ClN4O4/c1-4-33-20-13-18(32-3)9-10-19(20)23-27-15(2)22(16-5-7-17(25)8-6-16)29(23)24(31)28-12-11-26-21(30)14-28/h5-10,13,15,22H,4,11-12,14H2,1-3H3,(H,26,30). The van der Waals surface area contributed by atoms with Crippen molar-refractivity contribution in [2.24, 2.45) is 4.99 Å². The number of nitrogens with zero attached hydrogens (tertiary/aromatic N) is 3. The van der Waals surface area contributed by atoms with Crippen LogP contribution in [-0.4, -0.2) is 67.0 Å². The van der Waals surface area contributed by atoms with Crippen LogP contribution in [0.1, 0.15) is 31.0 Å². The molecule has 2 heterocycles. The van der Waals surface area contributed by atoms with Crippen molar-refractivity contribution in [1.29, 1.82) is 0 Å². The van der Waals surface area contributed by atoms with Gasteiger partial charge >= 0.3 is 6.03 Å². The molecule has 2 aliphatic rings. The zero-order valence-corrected chi connectivity index (χ0v) is 19.6. The molecule has 2 unspecified atom stereocenters.